The van der Waals surface area contributed by atoms with Crippen LogP contribution in [0.4, 0.5) is 0 Å². The van der Waals surface area contributed by atoms with Gasteiger partial charge in [-0.1, -0.05) is 0 Å². The summed E-state index contributed by atoms with van der Waals surface area (Å²) in [5.41, 5.74) is 0. The average molecular weight is 158 g/mol. The minimum absolute atomic E-state index is 0.184. The monoisotopic (exact) mass is 158 g/mol. The fraction of sp³-hybridized carbons (Fsp3) is 1.00. The van der Waals surface area contributed by atoms with Crippen LogP contribution < -0.4 is 5.32 Å². The lowest BCUT2D eigenvalue weighted by Crippen LogP contribution is -2.46. The molecule has 0 aromatic heterocycles. The standard InChI is InChI=1S/C7H14N2O2/c1-9-3-2-5-6(4-9)11-7(10)8-5/h5-8,10H,2-4H2,1H3. The van der Waals surface area contributed by atoms with Gasteiger partial charge in [0.2, 0.25) is 6.41 Å². The van der Waals surface area contributed by atoms with Crippen molar-refractivity contribution in [1.82, 2.24) is 10.2 Å². The maximum atomic E-state index is 9.09. The van der Waals surface area contributed by atoms with Gasteiger partial charge in [-0.3, -0.25) is 5.32 Å². The quantitative estimate of drug-likeness (QED) is 0.472. The van der Waals surface area contributed by atoms with E-state index >= 15 is 0 Å². The normalized spacial score (nSPS) is 45.8. The summed E-state index contributed by atoms with van der Waals surface area (Å²) in [6, 6.07) is 0.362. The first-order chi connectivity index (χ1) is 5.25. The van der Waals surface area contributed by atoms with Crippen molar-refractivity contribution in [3.05, 3.63) is 0 Å². The Labute approximate surface area is 66.1 Å². The molecule has 2 N–H and O–H groups in total. The summed E-state index contributed by atoms with van der Waals surface area (Å²) in [6.07, 6.45) is 0.512. The number of hydrogen-bond donors (Lipinski definition) is 2. The van der Waals surface area contributed by atoms with Gasteiger partial charge in [-0.25, -0.2) is 0 Å². The molecule has 4 nitrogen and oxygen atoms in total. The van der Waals surface area contributed by atoms with E-state index in [0.717, 1.165) is 19.5 Å². The van der Waals surface area contributed by atoms with E-state index in [1.807, 2.05) is 0 Å². The SMILES string of the molecule is CN1CCC2NC(O)OC2C1. The van der Waals surface area contributed by atoms with Crippen LogP contribution in [-0.4, -0.2) is 48.7 Å². The molecule has 2 saturated heterocycles. The zero-order valence-electron chi connectivity index (χ0n) is 6.66. The van der Waals surface area contributed by atoms with Crippen molar-refractivity contribution in [3.8, 4) is 0 Å². The number of rotatable bonds is 0. The Balaban J connectivity index is 1.97. The Morgan fingerprint density at radius 3 is 3.27 bits per heavy atom. The van der Waals surface area contributed by atoms with E-state index in [4.69, 9.17) is 9.84 Å². The van der Waals surface area contributed by atoms with Gasteiger partial charge in [-0.2, -0.15) is 0 Å². The van der Waals surface area contributed by atoms with Crippen molar-refractivity contribution >= 4 is 0 Å². The first-order valence-electron chi connectivity index (χ1n) is 4.04. The predicted octanol–water partition coefficient (Wildman–Crippen LogP) is -1.05. The van der Waals surface area contributed by atoms with Gasteiger partial charge >= 0.3 is 0 Å². The maximum Gasteiger partial charge on any atom is 0.214 e. The molecular weight excluding hydrogens is 144 g/mol. The van der Waals surface area contributed by atoms with Crippen LogP contribution in [-0.2, 0) is 4.74 Å². The van der Waals surface area contributed by atoms with Gasteiger partial charge in [0.05, 0.1) is 6.10 Å². The molecule has 2 heterocycles. The molecule has 2 rings (SSSR count). The molecular formula is C7H14N2O2. The van der Waals surface area contributed by atoms with E-state index in [9.17, 15) is 0 Å². The Kier molecular flexibility index (Phi) is 1.85. The average Bonchev–Trinajstić information content (AvgIpc) is 2.27. The van der Waals surface area contributed by atoms with Gasteiger partial charge in [0, 0.05) is 12.6 Å². The second-order valence-corrected chi connectivity index (χ2v) is 3.35. The fourth-order valence-electron chi connectivity index (χ4n) is 1.79. The third kappa shape index (κ3) is 1.39. The summed E-state index contributed by atoms with van der Waals surface area (Å²) in [5, 5.41) is 12.1. The second kappa shape index (κ2) is 2.71. The maximum absolute atomic E-state index is 9.09. The van der Waals surface area contributed by atoms with Crippen molar-refractivity contribution in [2.75, 3.05) is 20.1 Å². The van der Waals surface area contributed by atoms with E-state index in [1.54, 1.807) is 0 Å². The Bertz CT molecular complexity index is 153. The summed E-state index contributed by atoms with van der Waals surface area (Å²) in [4.78, 5) is 2.22. The Hall–Kier alpha value is -0.160. The molecule has 2 aliphatic rings. The Morgan fingerprint density at radius 1 is 1.64 bits per heavy atom. The summed E-state index contributed by atoms with van der Waals surface area (Å²) < 4.78 is 5.24. The van der Waals surface area contributed by atoms with Crippen LogP contribution in [0.1, 0.15) is 6.42 Å². The van der Waals surface area contributed by atoms with Crippen molar-refractivity contribution in [2.45, 2.75) is 25.0 Å². The molecule has 64 valence electrons. The minimum atomic E-state index is -0.739. The van der Waals surface area contributed by atoms with Gasteiger partial charge in [0.15, 0.2) is 0 Å². The number of fused-ring (bicyclic) bond motifs is 1. The topological polar surface area (TPSA) is 44.7 Å². The molecule has 0 amide bonds. The number of nitrogens with one attached hydrogen (secondary N) is 1. The summed E-state index contributed by atoms with van der Waals surface area (Å²) in [6.45, 7) is 2.01. The lowest BCUT2D eigenvalue weighted by molar-refractivity contribution is -0.106. The van der Waals surface area contributed by atoms with E-state index < -0.39 is 6.41 Å². The van der Waals surface area contributed by atoms with Gasteiger partial charge < -0.3 is 14.7 Å². The molecule has 0 saturated carbocycles. The fourth-order valence-corrected chi connectivity index (χ4v) is 1.79. The molecule has 2 fully saturated rings. The van der Waals surface area contributed by atoms with Crippen LogP contribution >= 0.6 is 0 Å². The van der Waals surface area contributed by atoms with Crippen molar-refractivity contribution in [1.29, 1.82) is 0 Å². The molecule has 0 aromatic rings. The highest BCUT2D eigenvalue weighted by atomic mass is 16.6. The third-order valence-corrected chi connectivity index (χ3v) is 2.42. The highest BCUT2D eigenvalue weighted by molar-refractivity contribution is 4.88. The summed E-state index contributed by atoms with van der Waals surface area (Å²) in [7, 11) is 2.07. The van der Waals surface area contributed by atoms with Crippen molar-refractivity contribution in [2.24, 2.45) is 0 Å². The van der Waals surface area contributed by atoms with Crippen LogP contribution in [0.2, 0.25) is 0 Å². The van der Waals surface area contributed by atoms with Gasteiger partial charge in [-0.15, -0.1) is 0 Å². The largest absolute Gasteiger partial charge is 0.356 e. The molecule has 0 aromatic carbocycles. The van der Waals surface area contributed by atoms with E-state index in [1.165, 1.54) is 0 Å². The highest BCUT2D eigenvalue weighted by Gasteiger charge is 2.36. The number of hydrogen-bond acceptors (Lipinski definition) is 4. The Morgan fingerprint density at radius 2 is 2.45 bits per heavy atom. The number of likely N-dealkylation sites (tertiary alicyclic amines) is 1. The molecule has 0 radical (unpaired) electrons. The summed E-state index contributed by atoms with van der Waals surface area (Å²) in [5.74, 6) is 0. The number of nitrogens with zero attached hydrogens (tertiary/aromatic N) is 1. The highest BCUT2D eigenvalue weighted by Crippen LogP contribution is 2.19. The van der Waals surface area contributed by atoms with Gasteiger partial charge in [0.1, 0.15) is 0 Å². The number of ether oxygens (including phenoxy) is 1. The number of aliphatic hydroxyl groups is 1. The molecule has 0 spiro atoms. The number of aliphatic hydroxyl groups excluding tert-OH is 1. The lowest BCUT2D eigenvalue weighted by Gasteiger charge is -2.30. The van der Waals surface area contributed by atoms with Crippen molar-refractivity contribution in [3.63, 3.8) is 0 Å². The smallest absolute Gasteiger partial charge is 0.214 e. The van der Waals surface area contributed by atoms with E-state index in [0.29, 0.717) is 6.04 Å². The zero-order valence-corrected chi connectivity index (χ0v) is 6.66. The van der Waals surface area contributed by atoms with Crippen LogP contribution in [0.15, 0.2) is 0 Å². The zero-order chi connectivity index (χ0) is 7.84. The molecule has 11 heavy (non-hydrogen) atoms. The molecule has 2 aliphatic heterocycles. The molecule has 0 aliphatic carbocycles. The molecule has 4 heteroatoms. The number of piperidine rings is 1. The van der Waals surface area contributed by atoms with Crippen molar-refractivity contribution < 1.29 is 9.84 Å². The minimum Gasteiger partial charge on any atom is -0.356 e. The van der Waals surface area contributed by atoms with Crippen LogP contribution in [0.3, 0.4) is 0 Å². The second-order valence-electron chi connectivity index (χ2n) is 3.35. The van der Waals surface area contributed by atoms with E-state index in [2.05, 4.69) is 17.3 Å². The third-order valence-electron chi connectivity index (χ3n) is 2.42. The van der Waals surface area contributed by atoms with Crippen LogP contribution in [0, 0.1) is 0 Å². The predicted molar refractivity (Wildman–Crippen MR) is 39.9 cm³/mol. The van der Waals surface area contributed by atoms with Gasteiger partial charge in [0.25, 0.3) is 0 Å². The van der Waals surface area contributed by atoms with Gasteiger partial charge in [-0.05, 0) is 20.0 Å². The molecule has 0 bridgehead atoms. The number of likely N-dealkylation sites (N-methyl/N-ethyl adjacent to an activating group) is 1. The van der Waals surface area contributed by atoms with Crippen LogP contribution in [0.5, 0.6) is 0 Å². The van der Waals surface area contributed by atoms with E-state index in [-0.39, 0.29) is 6.10 Å². The first-order valence-corrected chi connectivity index (χ1v) is 4.04. The summed E-state index contributed by atoms with van der Waals surface area (Å²) >= 11 is 0. The lowest BCUT2D eigenvalue weighted by atomic mass is 10.0. The van der Waals surface area contributed by atoms with Crippen LogP contribution in [0.25, 0.3) is 0 Å². The molecule has 3 atom stereocenters. The molecule has 3 unspecified atom stereocenters. The first kappa shape index (κ1) is 7.49.